The summed E-state index contributed by atoms with van der Waals surface area (Å²) in [5.41, 5.74) is 3.53. The lowest BCUT2D eigenvalue weighted by Gasteiger charge is -2.17. The van der Waals surface area contributed by atoms with Gasteiger partial charge in [0, 0.05) is 21.9 Å². The smallest absolute Gasteiger partial charge is 0.0663 e. The quantitative estimate of drug-likeness (QED) is 0.809. The fourth-order valence-electron chi connectivity index (χ4n) is 1.80. The van der Waals surface area contributed by atoms with Crippen molar-refractivity contribution in [3.63, 3.8) is 0 Å². The molecule has 1 heterocycles. The molecule has 2 nitrogen and oxygen atoms in total. The molecule has 0 aliphatic carbocycles. The summed E-state index contributed by atoms with van der Waals surface area (Å²) in [5, 5.41) is 6.82. The van der Waals surface area contributed by atoms with Gasteiger partial charge in [-0.1, -0.05) is 31.2 Å². The van der Waals surface area contributed by atoms with Crippen LogP contribution in [0.25, 0.3) is 5.70 Å². The van der Waals surface area contributed by atoms with Crippen molar-refractivity contribution in [2.45, 2.75) is 13.3 Å². The van der Waals surface area contributed by atoms with Crippen LogP contribution in [0.3, 0.4) is 0 Å². The Morgan fingerprint density at radius 1 is 1.28 bits per heavy atom. The largest absolute Gasteiger partial charge is 0.383 e. The molecule has 2 rings (SSSR count). The fourth-order valence-corrected chi connectivity index (χ4v) is 2.46. The van der Waals surface area contributed by atoms with E-state index in [-0.39, 0.29) is 0 Å². The maximum Gasteiger partial charge on any atom is 0.0663 e. The first-order chi connectivity index (χ1) is 8.83. The summed E-state index contributed by atoms with van der Waals surface area (Å²) in [5.74, 6) is 0. The first-order valence-corrected chi connectivity index (χ1v) is 7.23. The molecule has 94 valence electrons. The van der Waals surface area contributed by atoms with Crippen LogP contribution in [0.4, 0.5) is 0 Å². The van der Waals surface area contributed by atoms with Gasteiger partial charge in [-0.05, 0) is 47.2 Å². The number of hydrogen-bond acceptors (Lipinski definition) is 2. The Labute approximate surface area is 122 Å². The molecule has 0 bridgehead atoms. The molecule has 1 aliphatic rings. The van der Waals surface area contributed by atoms with Crippen LogP contribution < -0.4 is 10.6 Å². The third-order valence-electron chi connectivity index (χ3n) is 2.67. The lowest BCUT2D eigenvalue weighted by atomic mass is 10.1. The third-order valence-corrected chi connectivity index (χ3v) is 3.61. The van der Waals surface area contributed by atoms with E-state index in [9.17, 15) is 0 Å². The van der Waals surface area contributed by atoms with Crippen molar-refractivity contribution in [1.29, 1.82) is 0 Å². The van der Waals surface area contributed by atoms with Crippen LogP contribution in [0.15, 0.2) is 54.4 Å². The van der Waals surface area contributed by atoms with Gasteiger partial charge in [0.2, 0.25) is 0 Å². The maximum absolute atomic E-state index is 3.52. The van der Waals surface area contributed by atoms with Crippen molar-refractivity contribution in [1.82, 2.24) is 10.6 Å². The Balaban J connectivity index is 2.40. The molecule has 0 saturated heterocycles. The van der Waals surface area contributed by atoms with Gasteiger partial charge in [0.25, 0.3) is 0 Å². The Morgan fingerprint density at radius 2 is 2.11 bits per heavy atom. The third kappa shape index (κ3) is 3.16. The molecule has 0 amide bonds. The first kappa shape index (κ1) is 13.2. The zero-order valence-electron chi connectivity index (χ0n) is 10.4. The molecular weight excluding hydrogens is 335 g/mol. The van der Waals surface area contributed by atoms with Crippen molar-refractivity contribution in [3.8, 4) is 0 Å². The van der Waals surface area contributed by atoms with Crippen molar-refractivity contribution < 1.29 is 0 Å². The summed E-state index contributed by atoms with van der Waals surface area (Å²) in [4.78, 5) is 0. The number of allylic oxidation sites excluding steroid dienone is 3. The molecule has 2 N–H and O–H groups in total. The van der Waals surface area contributed by atoms with E-state index in [1.807, 2.05) is 12.3 Å². The summed E-state index contributed by atoms with van der Waals surface area (Å²) in [6.45, 7) is 3.15. The molecule has 3 heteroatoms. The topological polar surface area (TPSA) is 24.1 Å². The number of nitrogens with one attached hydrogen (secondary N) is 2. The molecule has 1 aromatic carbocycles. The normalized spacial score (nSPS) is 16.3. The van der Waals surface area contributed by atoms with Gasteiger partial charge in [0.15, 0.2) is 0 Å². The van der Waals surface area contributed by atoms with Gasteiger partial charge in [-0.25, -0.2) is 0 Å². The van der Waals surface area contributed by atoms with E-state index < -0.39 is 0 Å². The Kier molecular flexibility index (Phi) is 4.87. The SMILES string of the molecule is CCCN/C(=C1/C=CC=CN1)c1ccccc1I. The van der Waals surface area contributed by atoms with Gasteiger partial charge < -0.3 is 10.6 Å². The highest BCUT2D eigenvalue weighted by Crippen LogP contribution is 2.22. The van der Waals surface area contributed by atoms with E-state index in [0.29, 0.717) is 0 Å². The van der Waals surface area contributed by atoms with E-state index in [0.717, 1.165) is 18.7 Å². The summed E-state index contributed by atoms with van der Waals surface area (Å²) >= 11 is 2.38. The van der Waals surface area contributed by atoms with Crippen molar-refractivity contribution in [2.24, 2.45) is 0 Å². The van der Waals surface area contributed by atoms with Gasteiger partial charge in [-0.3, -0.25) is 0 Å². The highest BCUT2D eigenvalue weighted by molar-refractivity contribution is 14.1. The zero-order valence-corrected chi connectivity index (χ0v) is 12.6. The standard InChI is InChI=1S/C15H17IN2/c1-2-10-18-15(14-9-5-6-11-17-14)12-7-3-4-8-13(12)16/h3-9,11,17-18H,2,10H2,1H3/b15-14-. The Hall–Kier alpha value is -1.23. The second kappa shape index (κ2) is 6.64. The minimum atomic E-state index is 0.975. The number of hydrogen-bond donors (Lipinski definition) is 2. The van der Waals surface area contributed by atoms with E-state index in [4.69, 9.17) is 0 Å². The molecule has 0 radical (unpaired) electrons. The van der Waals surface area contributed by atoms with E-state index in [1.165, 1.54) is 14.8 Å². The summed E-state index contributed by atoms with van der Waals surface area (Å²) in [6, 6.07) is 8.43. The minimum absolute atomic E-state index is 0.975. The van der Waals surface area contributed by atoms with Crippen LogP contribution in [0.5, 0.6) is 0 Å². The maximum atomic E-state index is 3.52. The van der Waals surface area contributed by atoms with Crippen LogP contribution in [-0.4, -0.2) is 6.54 Å². The average Bonchev–Trinajstić information content (AvgIpc) is 2.42. The zero-order chi connectivity index (χ0) is 12.8. The Bertz CT molecular complexity index is 501. The molecule has 1 aromatic rings. The number of halogens is 1. The van der Waals surface area contributed by atoms with Crippen molar-refractivity contribution in [2.75, 3.05) is 6.54 Å². The highest BCUT2D eigenvalue weighted by atomic mass is 127. The summed E-state index contributed by atoms with van der Waals surface area (Å²) in [6.07, 6.45) is 9.21. The fraction of sp³-hybridized carbons (Fsp3) is 0.200. The number of dihydropyridines is 1. The van der Waals surface area contributed by atoms with Crippen LogP contribution in [0.2, 0.25) is 0 Å². The molecule has 0 aromatic heterocycles. The van der Waals surface area contributed by atoms with Crippen LogP contribution in [0.1, 0.15) is 18.9 Å². The molecule has 0 fully saturated rings. The van der Waals surface area contributed by atoms with Gasteiger partial charge in [-0.15, -0.1) is 0 Å². The van der Waals surface area contributed by atoms with E-state index in [2.05, 4.69) is 76.6 Å². The molecule has 0 unspecified atom stereocenters. The molecule has 0 saturated carbocycles. The second-order valence-corrected chi connectivity index (χ2v) is 5.22. The minimum Gasteiger partial charge on any atom is -0.383 e. The predicted molar refractivity (Wildman–Crippen MR) is 85.8 cm³/mol. The van der Waals surface area contributed by atoms with Gasteiger partial charge >= 0.3 is 0 Å². The lowest BCUT2D eigenvalue weighted by molar-refractivity contribution is 0.815. The lowest BCUT2D eigenvalue weighted by Crippen LogP contribution is -2.20. The van der Waals surface area contributed by atoms with E-state index in [1.54, 1.807) is 0 Å². The monoisotopic (exact) mass is 352 g/mol. The number of benzene rings is 1. The predicted octanol–water partition coefficient (Wildman–Crippen LogP) is 3.63. The summed E-state index contributed by atoms with van der Waals surface area (Å²) in [7, 11) is 0. The Morgan fingerprint density at radius 3 is 2.78 bits per heavy atom. The van der Waals surface area contributed by atoms with Gasteiger partial charge in [-0.2, -0.15) is 0 Å². The van der Waals surface area contributed by atoms with E-state index >= 15 is 0 Å². The molecular formula is C15H17IN2. The number of rotatable bonds is 4. The molecule has 18 heavy (non-hydrogen) atoms. The summed E-state index contributed by atoms with van der Waals surface area (Å²) < 4.78 is 1.26. The molecule has 0 spiro atoms. The van der Waals surface area contributed by atoms with Gasteiger partial charge in [0.05, 0.1) is 11.4 Å². The van der Waals surface area contributed by atoms with Crippen LogP contribution >= 0.6 is 22.6 Å². The average molecular weight is 352 g/mol. The first-order valence-electron chi connectivity index (χ1n) is 6.15. The van der Waals surface area contributed by atoms with Gasteiger partial charge in [0.1, 0.15) is 0 Å². The second-order valence-electron chi connectivity index (χ2n) is 4.06. The van der Waals surface area contributed by atoms with Crippen molar-refractivity contribution in [3.05, 3.63) is 63.5 Å². The van der Waals surface area contributed by atoms with Crippen molar-refractivity contribution >= 4 is 28.3 Å². The van der Waals surface area contributed by atoms with Crippen LogP contribution in [-0.2, 0) is 0 Å². The molecule has 0 atom stereocenters. The van der Waals surface area contributed by atoms with Crippen LogP contribution in [0, 0.1) is 3.57 Å². The highest BCUT2D eigenvalue weighted by Gasteiger charge is 2.10. The molecule has 1 aliphatic heterocycles.